The van der Waals surface area contributed by atoms with Crippen molar-refractivity contribution in [2.45, 2.75) is 16.5 Å². The predicted octanol–water partition coefficient (Wildman–Crippen LogP) is 2.45. The van der Waals surface area contributed by atoms with Gasteiger partial charge < -0.3 is 9.88 Å². The highest BCUT2D eigenvalue weighted by Gasteiger charge is 2.30. The molecule has 4 aromatic rings. The van der Waals surface area contributed by atoms with E-state index in [-0.39, 0.29) is 15.1 Å². The van der Waals surface area contributed by atoms with Crippen LogP contribution in [-0.4, -0.2) is 40.9 Å². The summed E-state index contributed by atoms with van der Waals surface area (Å²) in [6.07, 6.45) is 4.92. The number of sulfone groups is 1. The molecule has 4 rings (SSSR count). The molecule has 0 saturated heterocycles. The SMILES string of the molecule is CNCCn1cc(S(=O)(=O)c2c(Cl)nc3sccn23)c2cccnc21. The van der Waals surface area contributed by atoms with Crippen LogP contribution in [-0.2, 0) is 16.4 Å². The zero-order chi connectivity index (χ0) is 17.6. The van der Waals surface area contributed by atoms with E-state index in [4.69, 9.17) is 11.6 Å². The molecular formula is C15H14ClN5O2S2. The van der Waals surface area contributed by atoms with Crippen molar-refractivity contribution in [2.75, 3.05) is 13.6 Å². The molecule has 0 atom stereocenters. The van der Waals surface area contributed by atoms with Crippen LogP contribution >= 0.6 is 22.9 Å². The lowest BCUT2D eigenvalue weighted by Gasteiger charge is -2.03. The van der Waals surface area contributed by atoms with Crippen molar-refractivity contribution in [3.8, 4) is 0 Å². The van der Waals surface area contributed by atoms with E-state index < -0.39 is 9.84 Å². The molecule has 10 heteroatoms. The Morgan fingerprint density at radius 3 is 3.04 bits per heavy atom. The fourth-order valence-corrected chi connectivity index (χ4v) is 5.68. The zero-order valence-corrected chi connectivity index (χ0v) is 15.6. The molecular weight excluding hydrogens is 382 g/mol. The average Bonchev–Trinajstić information content (AvgIpc) is 3.25. The summed E-state index contributed by atoms with van der Waals surface area (Å²) in [4.78, 5) is 9.20. The third-order valence-electron chi connectivity index (χ3n) is 3.92. The Morgan fingerprint density at radius 1 is 1.40 bits per heavy atom. The standard InChI is InChI=1S/C15H14ClN5O2S2/c1-17-5-6-20-9-11(10-3-2-4-18-13(10)20)25(22,23)14-12(16)19-15-21(14)7-8-24-15/h2-4,7-9,17H,5-6H2,1H3. The van der Waals surface area contributed by atoms with Crippen molar-refractivity contribution >= 4 is 48.8 Å². The highest BCUT2D eigenvalue weighted by Crippen LogP contribution is 2.34. The number of rotatable bonds is 5. The molecule has 1 N–H and O–H groups in total. The van der Waals surface area contributed by atoms with E-state index in [1.807, 2.05) is 11.6 Å². The topological polar surface area (TPSA) is 81.3 Å². The van der Waals surface area contributed by atoms with Crippen LogP contribution in [0.3, 0.4) is 0 Å². The normalized spacial score (nSPS) is 12.4. The molecule has 0 spiro atoms. The molecule has 0 aliphatic heterocycles. The van der Waals surface area contributed by atoms with Crippen molar-refractivity contribution in [1.82, 2.24) is 24.3 Å². The van der Waals surface area contributed by atoms with E-state index in [2.05, 4.69) is 15.3 Å². The molecule has 4 heterocycles. The summed E-state index contributed by atoms with van der Waals surface area (Å²) in [5, 5.41) is 5.36. The molecule has 0 unspecified atom stereocenters. The summed E-state index contributed by atoms with van der Waals surface area (Å²) in [5.74, 6) is 0. The van der Waals surface area contributed by atoms with Crippen molar-refractivity contribution in [2.24, 2.45) is 0 Å². The Kier molecular flexibility index (Phi) is 4.03. The van der Waals surface area contributed by atoms with Crippen LogP contribution in [0.5, 0.6) is 0 Å². The first-order chi connectivity index (χ1) is 12.0. The number of likely N-dealkylation sites (N-methyl/N-ethyl adjacent to an activating group) is 1. The van der Waals surface area contributed by atoms with Gasteiger partial charge >= 0.3 is 0 Å². The molecule has 0 aliphatic rings. The van der Waals surface area contributed by atoms with Gasteiger partial charge in [-0.05, 0) is 19.2 Å². The maximum absolute atomic E-state index is 13.3. The highest BCUT2D eigenvalue weighted by atomic mass is 35.5. The van der Waals surface area contributed by atoms with Crippen molar-refractivity contribution in [1.29, 1.82) is 0 Å². The lowest BCUT2D eigenvalue weighted by Crippen LogP contribution is -2.14. The minimum Gasteiger partial charge on any atom is -0.330 e. The van der Waals surface area contributed by atoms with Crippen LogP contribution in [0.4, 0.5) is 0 Å². The summed E-state index contributed by atoms with van der Waals surface area (Å²) in [5.41, 5.74) is 0.624. The molecule has 130 valence electrons. The zero-order valence-electron chi connectivity index (χ0n) is 13.2. The summed E-state index contributed by atoms with van der Waals surface area (Å²) < 4.78 is 30.0. The highest BCUT2D eigenvalue weighted by molar-refractivity contribution is 7.91. The van der Waals surface area contributed by atoms with E-state index in [1.165, 1.54) is 15.7 Å². The number of pyridine rings is 1. The Labute approximate surface area is 152 Å². The lowest BCUT2D eigenvalue weighted by atomic mass is 10.3. The number of thiazole rings is 1. The van der Waals surface area contributed by atoms with Crippen molar-refractivity contribution in [3.05, 3.63) is 41.3 Å². The first-order valence-electron chi connectivity index (χ1n) is 7.48. The summed E-state index contributed by atoms with van der Waals surface area (Å²) >= 11 is 7.48. The van der Waals surface area contributed by atoms with Gasteiger partial charge in [-0.15, -0.1) is 11.3 Å². The maximum atomic E-state index is 13.3. The molecule has 0 aromatic carbocycles. The van der Waals surface area contributed by atoms with Gasteiger partial charge in [0.25, 0.3) is 0 Å². The van der Waals surface area contributed by atoms with Crippen LogP contribution in [0.1, 0.15) is 0 Å². The minimum absolute atomic E-state index is 0.0121. The molecule has 0 radical (unpaired) electrons. The molecule has 0 bridgehead atoms. The third kappa shape index (κ3) is 2.54. The van der Waals surface area contributed by atoms with E-state index in [0.29, 0.717) is 29.1 Å². The number of hydrogen-bond acceptors (Lipinski definition) is 6. The van der Waals surface area contributed by atoms with Crippen LogP contribution in [0.25, 0.3) is 16.0 Å². The molecule has 0 fully saturated rings. The van der Waals surface area contributed by atoms with Crippen LogP contribution in [0.15, 0.2) is 46.0 Å². The fourth-order valence-electron chi connectivity index (χ4n) is 2.79. The first kappa shape index (κ1) is 16.5. The molecule has 25 heavy (non-hydrogen) atoms. The molecule has 0 saturated carbocycles. The molecule has 0 amide bonds. The minimum atomic E-state index is -3.86. The van der Waals surface area contributed by atoms with Crippen LogP contribution in [0, 0.1) is 0 Å². The Balaban J connectivity index is 1.97. The van der Waals surface area contributed by atoms with Crippen LogP contribution in [0.2, 0.25) is 5.15 Å². The smallest absolute Gasteiger partial charge is 0.227 e. The molecule has 0 aliphatic carbocycles. The van der Waals surface area contributed by atoms with Gasteiger partial charge in [-0.1, -0.05) is 11.6 Å². The first-order valence-corrected chi connectivity index (χ1v) is 10.2. The van der Waals surface area contributed by atoms with Gasteiger partial charge in [0.15, 0.2) is 15.1 Å². The van der Waals surface area contributed by atoms with E-state index in [0.717, 1.165) is 0 Å². The summed E-state index contributed by atoms with van der Waals surface area (Å²) in [7, 11) is -2.02. The van der Waals surface area contributed by atoms with Crippen molar-refractivity contribution < 1.29 is 8.42 Å². The number of hydrogen-bond donors (Lipinski definition) is 1. The van der Waals surface area contributed by atoms with Gasteiger partial charge in [-0.3, -0.25) is 4.40 Å². The predicted molar refractivity (Wildman–Crippen MR) is 97.2 cm³/mol. The van der Waals surface area contributed by atoms with E-state index in [9.17, 15) is 8.42 Å². The lowest BCUT2D eigenvalue weighted by molar-refractivity contribution is 0.591. The summed E-state index contributed by atoms with van der Waals surface area (Å²) in [6.45, 7) is 1.30. The van der Waals surface area contributed by atoms with E-state index >= 15 is 0 Å². The monoisotopic (exact) mass is 395 g/mol. The average molecular weight is 396 g/mol. The molecule has 4 aromatic heterocycles. The number of nitrogens with zero attached hydrogens (tertiary/aromatic N) is 4. The number of fused-ring (bicyclic) bond motifs is 2. The number of aromatic nitrogens is 4. The van der Waals surface area contributed by atoms with Gasteiger partial charge in [0, 0.05) is 42.4 Å². The second kappa shape index (κ2) is 6.10. The van der Waals surface area contributed by atoms with Gasteiger partial charge in [0.05, 0.1) is 0 Å². The van der Waals surface area contributed by atoms with Crippen molar-refractivity contribution in [3.63, 3.8) is 0 Å². The number of halogens is 1. The summed E-state index contributed by atoms with van der Waals surface area (Å²) in [6, 6.07) is 3.48. The fraction of sp³-hybridized carbons (Fsp3) is 0.200. The quantitative estimate of drug-likeness (QED) is 0.561. The molecule has 7 nitrogen and oxygen atoms in total. The number of imidazole rings is 1. The van der Waals surface area contributed by atoms with Gasteiger partial charge in [-0.25, -0.2) is 18.4 Å². The van der Waals surface area contributed by atoms with Gasteiger partial charge in [0.2, 0.25) is 9.84 Å². The van der Waals surface area contributed by atoms with Crippen LogP contribution < -0.4 is 5.32 Å². The second-order valence-electron chi connectivity index (χ2n) is 5.43. The third-order valence-corrected chi connectivity index (χ3v) is 6.86. The maximum Gasteiger partial charge on any atom is 0.227 e. The van der Waals surface area contributed by atoms with E-state index in [1.54, 1.807) is 36.1 Å². The largest absolute Gasteiger partial charge is 0.330 e. The Morgan fingerprint density at radius 2 is 2.24 bits per heavy atom. The Hall–Kier alpha value is -1.94. The number of nitrogens with one attached hydrogen (secondary N) is 1. The van der Waals surface area contributed by atoms with Gasteiger partial charge in [0.1, 0.15) is 10.5 Å². The second-order valence-corrected chi connectivity index (χ2v) is 8.50. The van der Waals surface area contributed by atoms with Gasteiger partial charge in [-0.2, -0.15) is 0 Å². The Bertz CT molecular complexity index is 1180.